The summed E-state index contributed by atoms with van der Waals surface area (Å²) >= 11 is 0. The molecule has 1 aliphatic rings. The van der Waals surface area contributed by atoms with Crippen molar-refractivity contribution in [2.75, 3.05) is 19.8 Å². The minimum absolute atomic E-state index is 0.175. The minimum atomic E-state index is -1.12. The number of nitrogens with zero attached hydrogens (tertiary/aromatic N) is 1. The van der Waals surface area contributed by atoms with Crippen LogP contribution in [0.4, 0.5) is 4.79 Å². The summed E-state index contributed by atoms with van der Waals surface area (Å²) in [5.41, 5.74) is 1.63. The van der Waals surface area contributed by atoms with Gasteiger partial charge in [-0.15, -0.1) is 0 Å². The Morgan fingerprint density at radius 1 is 1.03 bits per heavy atom. The fourth-order valence-corrected chi connectivity index (χ4v) is 3.08. The number of rotatable bonds is 8. The number of amides is 3. The Kier molecular flexibility index (Phi) is 5.92. The van der Waals surface area contributed by atoms with Gasteiger partial charge in [0.15, 0.2) is 0 Å². The van der Waals surface area contributed by atoms with Crippen molar-refractivity contribution in [1.29, 1.82) is 0 Å². The van der Waals surface area contributed by atoms with Crippen molar-refractivity contribution in [2.24, 2.45) is 0 Å². The summed E-state index contributed by atoms with van der Waals surface area (Å²) in [6, 6.07) is 14.3. The molecule has 6 nitrogen and oxygen atoms in total. The molecule has 2 aromatic carbocycles. The molecule has 0 bridgehead atoms. The van der Waals surface area contributed by atoms with Gasteiger partial charge in [0.05, 0.1) is 6.54 Å². The van der Waals surface area contributed by atoms with E-state index < -0.39 is 11.6 Å². The fourth-order valence-electron chi connectivity index (χ4n) is 3.08. The zero-order valence-corrected chi connectivity index (χ0v) is 17.0. The lowest BCUT2D eigenvalue weighted by atomic mass is 9.92. The van der Waals surface area contributed by atoms with Gasteiger partial charge >= 0.3 is 6.03 Å². The number of hydrogen-bond donors (Lipinski definition) is 1. The van der Waals surface area contributed by atoms with Crippen molar-refractivity contribution in [1.82, 2.24) is 10.2 Å². The molecule has 152 valence electrons. The molecular weight excluding hydrogens is 368 g/mol. The second kappa shape index (κ2) is 8.39. The average Bonchev–Trinajstić information content (AvgIpc) is 2.92. The number of imide groups is 1. The average molecular weight is 394 g/mol. The third kappa shape index (κ3) is 4.59. The summed E-state index contributed by atoms with van der Waals surface area (Å²) in [7, 11) is 0. The van der Waals surface area contributed by atoms with Gasteiger partial charge in [-0.25, -0.2) is 4.79 Å². The summed E-state index contributed by atoms with van der Waals surface area (Å²) in [5, 5.41) is 2.80. The van der Waals surface area contributed by atoms with E-state index in [9.17, 15) is 9.59 Å². The van der Waals surface area contributed by atoms with E-state index in [4.69, 9.17) is 9.47 Å². The molecule has 0 saturated carbocycles. The maximum absolute atomic E-state index is 13.0. The van der Waals surface area contributed by atoms with Crippen LogP contribution in [0.15, 0.2) is 60.7 Å². The molecule has 1 fully saturated rings. The maximum atomic E-state index is 13.0. The van der Waals surface area contributed by atoms with Gasteiger partial charge in [0.1, 0.15) is 30.3 Å². The van der Waals surface area contributed by atoms with Crippen molar-refractivity contribution in [2.45, 2.75) is 26.3 Å². The molecule has 0 aliphatic carbocycles. The minimum Gasteiger partial charge on any atom is -0.492 e. The predicted molar refractivity (Wildman–Crippen MR) is 111 cm³/mol. The third-order valence-electron chi connectivity index (χ3n) is 4.80. The summed E-state index contributed by atoms with van der Waals surface area (Å²) in [6.07, 6.45) is 0. The Morgan fingerprint density at radius 3 is 2.24 bits per heavy atom. The Balaban J connectivity index is 1.63. The Morgan fingerprint density at radius 2 is 1.62 bits per heavy atom. The third-order valence-corrected chi connectivity index (χ3v) is 4.80. The van der Waals surface area contributed by atoms with Crippen LogP contribution < -0.4 is 14.8 Å². The molecule has 0 spiro atoms. The molecule has 1 aliphatic heterocycles. The number of hydrogen-bond acceptors (Lipinski definition) is 4. The first-order chi connectivity index (χ1) is 13.8. The van der Waals surface area contributed by atoms with Crippen LogP contribution in [0.3, 0.4) is 0 Å². The Bertz CT molecular complexity index is 905. The fraction of sp³-hybridized carbons (Fsp3) is 0.304. The van der Waals surface area contributed by atoms with Crippen molar-refractivity contribution in [3.63, 3.8) is 0 Å². The maximum Gasteiger partial charge on any atom is 0.325 e. The smallest absolute Gasteiger partial charge is 0.325 e. The van der Waals surface area contributed by atoms with E-state index in [1.165, 1.54) is 4.90 Å². The van der Waals surface area contributed by atoms with E-state index in [1.807, 2.05) is 38.1 Å². The molecule has 1 atom stereocenters. The van der Waals surface area contributed by atoms with Gasteiger partial charge in [-0.3, -0.25) is 9.69 Å². The van der Waals surface area contributed by atoms with E-state index in [-0.39, 0.29) is 19.1 Å². The molecule has 1 heterocycles. The van der Waals surface area contributed by atoms with Crippen LogP contribution in [0.5, 0.6) is 11.5 Å². The normalized spacial score (nSPS) is 18.5. The van der Waals surface area contributed by atoms with Crippen molar-refractivity contribution in [3.8, 4) is 11.5 Å². The lowest BCUT2D eigenvalue weighted by Crippen LogP contribution is -2.41. The highest BCUT2D eigenvalue weighted by molar-refractivity contribution is 6.07. The van der Waals surface area contributed by atoms with Crippen LogP contribution in [0.1, 0.15) is 25.0 Å². The summed E-state index contributed by atoms with van der Waals surface area (Å²) in [5.74, 6) is 1.09. The predicted octanol–water partition coefficient (Wildman–Crippen LogP) is 3.80. The lowest BCUT2D eigenvalue weighted by Gasteiger charge is -2.22. The molecule has 1 unspecified atom stereocenters. The topological polar surface area (TPSA) is 67.9 Å². The van der Waals surface area contributed by atoms with E-state index in [0.29, 0.717) is 23.7 Å². The van der Waals surface area contributed by atoms with Gasteiger partial charge in [0, 0.05) is 0 Å². The summed E-state index contributed by atoms with van der Waals surface area (Å²) < 4.78 is 11.2. The first kappa shape index (κ1) is 20.5. The standard InChI is InChI=1S/C23H26N2O4/c1-16(2)15-29-20-11-7-18(8-12-20)23(4)21(26)25(22(27)24-23)13-14-28-19-9-5-17(3)6-10-19/h5-12H,1,13-15H2,2-4H3,(H,24,27). The van der Waals surface area contributed by atoms with Gasteiger partial charge in [-0.2, -0.15) is 0 Å². The number of benzene rings is 2. The van der Waals surface area contributed by atoms with E-state index in [1.54, 1.807) is 31.2 Å². The summed E-state index contributed by atoms with van der Waals surface area (Å²) in [4.78, 5) is 26.6. The molecule has 1 saturated heterocycles. The van der Waals surface area contributed by atoms with Crippen molar-refractivity contribution < 1.29 is 19.1 Å². The molecule has 6 heteroatoms. The van der Waals surface area contributed by atoms with E-state index in [0.717, 1.165) is 11.1 Å². The molecule has 1 N–H and O–H groups in total. The number of nitrogens with one attached hydrogen (secondary N) is 1. The number of aryl methyl sites for hydroxylation is 1. The van der Waals surface area contributed by atoms with Crippen LogP contribution in [-0.2, 0) is 10.3 Å². The molecule has 0 aromatic heterocycles. The molecule has 3 amide bonds. The Labute approximate surface area is 171 Å². The zero-order chi connectivity index (χ0) is 21.0. The van der Waals surface area contributed by atoms with Gasteiger partial charge in [0.2, 0.25) is 0 Å². The Hall–Kier alpha value is -3.28. The number of urea groups is 1. The molecule has 29 heavy (non-hydrogen) atoms. The van der Waals surface area contributed by atoms with Crippen LogP contribution in [0.25, 0.3) is 0 Å². The zero-order valence-electron chi connectivity index (χ0n) is 17.0. The highest BCUT2D eigenvalue weighted by Crippen LogP contribution is 2.30. The second-order valence-electron chi connectivity index (χ2n) is 7.44. The van der Waals surface area contributed by atoms with Crippen LogP contribution >= 0.6 is 0 Å². The van der Waals surface area contributed by atoms with E-state index >= 15 is 0 Å². The van der Waals surface area contributed by atoms with Crippen molar-refractivity contribution >= 4 is 11.9 Å². The molecule has 0 radical (unpaired) electrons. The summed E-state index contributed by atoms with van der Waals surface area (Å²) in [6.45, 7) is 10.2. The van der Waals surface area contributed by atoms with Gasteiger partial charge in [-0.05, 0) is 56.2 Å². The second-order valence-corrected chi connectivity index (χ2v) is 7.44. The lowest BCUT2D eigenvalue weighted by molar-refractivity contribution is -0.131. The largest absolute Gasteiger partial charge is 0.492 e. The number of ether oxygens (including phenoxy) is 2. The van der Waals surface area contributed by atoms with E-state index in [2.05, 4.69) is 11.9 Å². The highest BCUT2D eigenvalue weighted by atomic mass is 16.5. The molecular formula is C23H26N2O4. The van der Waals surface area contributed by atoms with Crippen LogP contribution in [0, 0.1) is 6.92 Å². The molecule has 3 rings (SSSR count). The van der Waals surface area contributed by atoms with Crippen LogP contribution in [0.2, 0.25) is 0 Å². The van der Waals surface area contributed by atoms with Gasteiger partial charge < -0.3 is 14.8 Å². The number of carbonyl (C=O) groups is 2. The highest BCUT2D eigenvalue weighted by Gasteiger charge is 2.48. The quantitative estimate of drug-likeness (QED) is 0.546. The first-order valence-corrected chi connectivity index (χ1v) is 9.51. The monoisotopic (exact) mass is 394 g/mol. The van der Waals surface area contributed by atoms with Gasteiger partial charge in [-0.1, -0.05) is 36.4 Å². The van der Waals surface area contributed by atoms with Crippen molar-refractivity contribution in [3.05, 3.63) is 71.8 Å². The van der Waals surface area contributed by atoms with Crippen LogP contribution in [-0.4, -0.2) is 36.6 Å². The van der Waals surface area contributed by atoms with Gasteiger partial charge in [0.25, 0.3) is 5.91 Å². The molecule has 2 aromatic rings. The first-order valence-electron chi connectivity index (χ1n) is 9.51. The SMILES string of the molecule is C=C(C)COc1ccc(C2(C)NC(=O)N(CCOc3ccc(C)cc3)C2=O)cc1. The number of carbonyl (C=O) groups excluding carboxylic acids is 2.